The van der Waals surface area contributed by atoms with Crippen molar-refractivity contribution in [1.29, 1.82) is 0 Å². The van der Waals surface area contributed by atoms with Gasteiger partial charge in [0, 0.05) is 24.8 Å². The average molecular weight is 256 g/mol. The standard InChI is InChI=1S/C15H20N4/c1-4-16-14-9-10-17-15(18-14)13-8-6-5-7-12(13)11-19(2)3/h5-10H,4,11H2,1-3H3,(H,16,17,18). The summed E-state index contributed by atoms with van der Waals surface area (Å²) >= 11 is 0. The van der Waals surface area contributed by atoms with Crippen LogP contribution in [0.1, 0.15) is 12.5 Å². The summed E-state index contributed by atoms with van der Waals surface area (Å²) in [5, 5.41) is 3.22. The Morgan fingerprint density at radius 3 is 2.68 bits per heavy atom. The number of nitrogens with zero attached hydrogens (tertiary/aromatic N) is 3. The summed E-state index contributed by atoms with van der Waals surface area (Å²) in [6.45, 7) is 3.79. The first-order chi connectivity index (χ1) is 9.20. The highest BCUT2D eigenvalue weighted by Gasteiger charge is 2.08. The van der Waals surface area contributed by atoms with Gasteiger partial charge in [-0.05, 0) is 32.6 Å². The van der Waals surface area contributed by atoms with Crippen LogP contribution in [0.25, 0.3) is 11.4 Å². The minimum absolute atomic E-state index is 0.774. The van der Waals surface area contributed by atoms with Crippen LogP contribution in [0, 0.1) is 0 Å². The van der Waals surface area contributed by atoms with Gasteiger partial charge in [0.05, 0.1) is 0 Å². The number of aromatic nitrogens is 2. The highest BCUT2D eigenvalue weighted by atomic mass is 15.1. The van der Waals surface area contributed by atoms with Gasteiger partial charge in [-0.25, -0.2) is 9.97 Å². The van der Waals surface area contributed by atoms with Crippen LogP contribution in [0.2, 0.25) is 0 Å². The summed E-state index contributed by atoms with van der Waals surface area (Å²) in [5.41, 5.74) is 2.33. The van der Waals surface area contributed by atoms with E-state index in [2.05, 4.69) is 59.4 Å². The van der Waals surface area contributed by atoms with E-state index >= 15 is 0 Å². The van der Waals surface area contributed by atoms with Crippen LogP contribution in [0.4, 0.5) is 5.82 Å². The summed E-state index contributed by atoms with van der Waals surface area (Å²) in [4.78, 5) is 11.1. The second-order valence-electron chi connectivity index (χ2n) is 4.69. The molecule has 0 aliphatic heterocycles. The van der Waals surface area contributed by atoms with E-state index in [1.165, 1.54) is 5.56 Å². The van der Waals surface area contributed by atoms with Gasteiger partial charge >= 0.3 is 0 Å². The molecular weight excluding hydrogens is 236 g/mol. The third-order valence-electron chi connectivity index (χ3n) is 2.76. The number of benzene rings is 1. The molecule has 1 aromatic carbocycles. The van der Waals surface area contributed by atoms with Gasteiger partial charge in [-0.3, -0.25) is 0 Å². The van der Waals surface area contributed by atoms with Gasteiger partial charge in [0.15, 0.2) is 5.82 Å². The summed E-state index contributed by atoms with van der Waals surface area (Å²) < 4.78 is 0. The minimum atomic E-state index is 0.774. The molecular formula is C15H20N4. The first kappa shape index (κ1) is 13.5. The lowest BCUT2D eigenvalue weighted by molar-refractivity contribution is 0.403. The molecule has 0 bridgehead atoms. The highest BCUT2D eigenvalue weighted by molar-refractivity contribution is 5.61. The zero-order chi connectivity index (χ0) is 13.7. The zero-order valence-electron chi connectivity index (χ0n) is 11.7. The lowest BCUT2D eigenvalue weighted by atomic mass is 10.1. The Kier molecular flexibility index (Phi) is 4.47. The molecule has 0 saturated carbocycles. The van der Waals surface area contributed by atoms with Crippen LogP contribution in [-0.4, -0.2) is 35.5 Å². The Balaban J connectivity index is 2.37. The third-order valence-corrected chi connectivity index (χ3v) is 2.76. The Labute approximate surface area is 114 Å². The fourth-order valence-corrected chi connectivity index (χ4v) is 1.99. The van der Waals surface area contributed by atoms with Gasteiger partial charge in [-0.2, -0.15) is 0 Å². The molecule has 0 atom stereocenters. The SMILES string of the molecule is CCNc1ccnc(-c2ccccc2CN(C)C)n1. The molecule has 1 N–H and O–H groups in total. The molecule has 0 unspecified atom stereocenters. The van der Waals surface area contributed by atoms with Crippen molar-refractivity contribution in [2.75, 3.05) is 26.0 Å². The Morgan fingerprint density at radius 2 is 1.95 bits per heavy atom. The predicted molar refractivity (Wildman–Crippen MR) is 79.0 cm³/mol. The van der Waals surface area contributed by atoms with Gasteiger partial charge in [-0.15, -0.1) is 0 Å². The fourth-order valence-electron chi connectivity index (χ4n) is 1.99. The van der Waals surface area contributed by atoms with E-state index in [-0.39, 0.29) is 0 Å². The fraction of sp³-hybridized carbons (Fsp3) is 0.333. The smallest absolute Gasteiger partial charge is 0.161 e. The summed E-state index contributed by atoms with van der Waals surface area (Å²) in [6, 6.07) is 10.2. The lowest BCUT2D eigenvalue weighted by Crippen LogP contribution is -2.12. The molecule has 4 heteroatoms. The lowest BCUT2D eigenvalue weighted by Gasteiger charge is -2.13. The summed E-state index contributed by atoms with van der Waals surface area (Å²) in [5.74, 6) is 1.64. The Hall–Kier alpha value is -1.94. The molecule has 2 aromatic rings. The molecule has 0 amide bonds. The van der Waals surface area contributed by atoms with Crippen LogP contribution in [0.15, 0.2) is 36.5 Å². The maximum absolute atomic E-state index is 4.56. The van der Waals surface area contributed by atoms with Crippen LogP contribution in [0.5, 0.6) is 0 Å². The number of hydrogen-bond donors (Lipinski definition) is 1. The largest absolute Gasteiger partial charge is 0.370 e. The maximum Gasteiger partial charge on any atom is 0.161 e. The molecule has 0 saturated heterocycles. The Morgan fingerprint density at radius 1 is 1.16 bits per heavy atom. The topological polar surface area (TPSA) is 41.1 Å². The average Bonchev–Trinajstić information content (AvgIpc) is 2.39. The molecule has 1 aromatic heterocycles. The molecule has 0 radical (unpaired) electrons. The monoisotopic (exact) mass is 256 g/mol. The van der Waals surface area contributed by atoms with Crippen LogP contribution >= 0.6 is 0 Å². The van der Waals surface area contributed by atoms with Crippen molar-refractivity contribution in [1.82, 2.24) is 14.9 Å². The van der Waals surface area contributed by atoms with E-state index in [4.69, 9.17) is 0 Å². The molecule has 100 valence electrons. The second kappa shape index (κ2) is 6.29. The van der Waals surface area contributed by atoms with Crippen molar-refractivity contribution in [3.8, 4) is 11.4 Å². The molecule has 2 rings (SSSR count). The van der Waals surface area contributed by atoms with Gasteiger partial charge in [0.1, 0.15) is 5.82 Å². The first-order valence-electron chi connectivity index (χ1n) is 6.50. The third kappa shape index (κ3) is 3.51. The first-order valence-corrected chi connectivity index (χ1v) is 6.50. The van der Waals surface area contributed by atoms with Crippen molar-refractivity contribution in [2.24, 2.45) is 0 Å². The number of rotatable bonds is 5. The zero-order valence-corrected chi connectivity index (χ0v) is 11.7. The molecule has 0 aliphatic carbocycles. The molecule has 0 spiro atoms. The van der Waals surface area contributed by atoms with Crippen molar-refractivity contribution in [2.45, 2.75) is 13.5 Å². The van der Waals surface area contributed by atoms with E-state index in [0.29, 0.717) is 0 Å². The minimum Gasteiger partial charge on any atom is -0.370 e. The van der Waals surface area contributed by atoms with Crippen molar-refractivity contribution >= 4 is 5.82 Å². The van der Waals surface area contributed by atoms with Crippen LogP contribution in [-0.2, 0) is 6.54 Å². The normalized spacial score (nSPS) is 10.7. The van der Waals surface area contributed by atoms with Gasteiger partial charge in [0.25, 0.3) is 0 Å². The van der Waals surface area contributed by atoms with Gasteiger partial charge in [0.2, 0.25) is 0 Å². The second-order valence-corrected chi connectivity index (χ2v) is 4.69. The molecule has 1 heterocycles. The quantitative estimate of drug-likeness (QED) is 0.893. The summed E-state index contributed by atoms with van der Waals surface area (Å²) in [7, 11) is 4.12. The van der Waals surface area contributed by atoms with Crippen molar-refractivity contribution in [3.05, 3.63) is 42.1 Å². The maximum atomic E-state index is 4.56. The van der Waals surface area contributed by atoms with Gasteiger partial charge < -0.3 is 10.2 Å². The van der Waals surface area contributed by atoms with Crippen molar-refractivity contribution < 1.29 is 0 Å². The van der Waals surface area contributed by atoms with E-state index in [1.54, 1.807) is 6.20 Å². The van der Waals surface area contributed by atoms with Crippen molar-refractivity contribution in [3.63, 3.8) is 0 Å². The van der Waals surface area contributed by atoms with E-state index in [9.17, 15) is 0 Å². The van der Waals surface area contributed by atoms with Crippen LogP contribution < -0.4 is 5.32 Å². The van der Waals surface area contributed by atoms with E-state index in [0.717, 1.165) is 30.3 Å². The van der Waals surface area contributed by atoms with E-state index in [1.807, 2.05) is 12.1 Å². The highest BCUT2D eigenvalue weighted by Crippen LogP contribution is 2.21. The molecule has 19 heavy (non-hydrogen) atoms. The van der Waals surface area contributed by atoms with E-state index < -0.39 is 0 Å². The van der Waals surface area contributed by atoms with Crippen LogP contribution in [0.3, 0.4) is 0 Å². The Bertz CT molecular complexity index is 537. The molecule has 0 aliphatic rings. The van der Waals surface area contributed by atoms with Gasteiger partial charge in [-0.1, -0.05) is 24.3 Å². The molecule has 4 nitrogen and oxygen atoms in total. The number of anilines is 1. The molecule has 0 fully saturated rings. The predicted octanol–water partition coefficient (Wildman–Crippen LogP) is 2.64. The number of hydrogen-bond acceptors (Lipinski definition) is 4. The summed E-state index contributed by atoms with van der Waals surface area (Å²) in [6.07, 6.45) is 1.80. The number of nitrogens with one attached hydrogen (secondary N) is 1.